The Kier molecular flexibility index (Phi) is 7.58. The van der Waals surface area contributed by atoms with Gasteiger partial charge in [0.2, 0.25) is 5.82 Å². The van der Waals surface area contributed by atoms with Crippen molar-refractivity contribution in [1.82, 2.24) is 15.0 Å². The Labute approximate surface area is 188 Å². The van der Waals surface area contributed by atoms with Crippen LogP contribution in [0.5, 0.6) is 17.2 Å². The van der Waals surface area contributed by atoms with Crippen LogP contribution in [-0.4, -0.2) is 55.5 Å². The van der Waals surface area contributed by atoms with Crippen LogP contribution in [0.25, 0.3) is 11.4 Å². The van der Waals surface area contributed by atoms with Crippen molar-refractivity contribution in [3.8, 4) is 28.6 Å². The van der Waals surface area contributed by atoms with Crippen LogP contribution in [0.3, 0.4) is 0 Å². The molecule has 1 aliphatic heterocycles. The third-order valence-electron chi connectivity index (χ3n) is 5.41. The van der Waals surface area contributed by atoms with Gasteiger partial charge in [-0.05, 0) is 61.8 Å². The quantitative estimate of drug-likeness (QED) is 0.444. The molecule has 0 amide bonds. The van der Waals surface area contributed by atoms with E-state index in [9.17, 15) is 0 Å². The smallest absolute Gasteiger partial charge is 0.252 e. The summed E-state index contributed by atoms with van der Waals surface area (Å²) in [6.07, 6.45) is 2.55. The van der Waals surface area contributed by atoms with Gasteiger partial charge < -0.3 is 23.5 Å². The third kappa shape index (κ3) is 5.77. The highest BCUT2D eigenvalue weighted by Crippen LogP contribution is 2.31. The first-order valence-corrected chi connectivity index (χ1v) is 10.8. The number of nitrogens with zero attached hydrogens (tertiary/aromatic N) is 3. The van der Waals surface area contributed by atoms with E-state index in [-0.39, 0.29) is 6.61 Å². The van der Waals surface area contributed by atoms with E-state index in [1.807, 2.05) is 42.5 Å². The highest BCUT2D eigenvalue weighted by Gasteiger charge is 2.14. The number of benzene rings is 2. The molecule has 0 saturated carbocycles. The second kappa shape index (κ2) is 11.0. The maximum atomic E-state index is 5.94. The molecule has 4 rings (SSSR count). The molecule has 2 aromatic carbocycles. The van der Waals surface area contributed by atoms with Crippen LogP contribution in [0.4, 0.5) is 0 Å². The number of hydrogen-bond donors (Lipinski definition) is 0. The first-order valence-electron chi connectivity index (χ1n) is 10.8. The molecule has 32 heavy (non-hydrogen) atoms. The summed E-state index contributed by atoms with van der Waals surface area (Å²) in [5.41, 5.74) is 1.83. The number of methoxy groups -OCH3 is 2. The van der Waals surface area contributed by atoms with Crippen molar-refractivity contribution >= 4 is 0 Å². The SMILES string of the molecule is COc1ccc(COCc2nc(-c3ccc(OCCN4CCCC4)c(OC)c3)no2)cc1. The Morgan fingerprint density at radius 1 is 0.938 bits per heavy atom. The minimum atomic E-state index is 0.230. The topological polar surface area (TPSA) is 79.1 Å². The Bertz CT molecular complexity index is 984. The largest absolute Gasteiger partial charge is 0.497 e. The second-order valence-corrected chi connectivity index (χ2v) is 7.62. The zero-order chi connectivity index (χ0) is 22.2. The van der Waals surface area contributed by atoms with Crippen LogP contribution < -0.4 is 14.2 Å². The van der Waals surface area contributed by atoms with Crippen LogP contribution in [0, 0.1) is 0 Å². The molecule has 1 fully saturated rings. The van der Waals surface area contributed by atoms with Crippen molar-refractivity contribution < 1.29 is 23.5 Å². The van der Waals surface area contributed by atoms with Gasteiger partial charge in [-0.2, -0.15) is 4.98 Å². The lowest BCUT2D eigenvalue weighted by atomic mass is 10.2. The summed E-state index contributed by atoms with van der Waals surface area (Å²) in [5.74, 6) is 3.06. The summed E-state index contributed by atoms with van der Waals surface area (Å²) in [6, 6.07) is 13.4. The Hall–Kier alpha value is -3.10. The van der Waals surface area contributed by atoms with Crippen LogP contribution in [0.2, 0.25) is 0 Å². The molecule has 0 aliphatic carbocycles. The lowest BCUT2D eigenvalue weighted by molar-refractivity contribution is 0.0850. The van der Waals surface area contributed by atoms with Gasteiger partial charge in [-0.1, -0.05) is 17.3 Å². The van der Waals surface area contributed by atoms with Crippen molar-refractivity contribution in [3.63, 3.8) is 0 Å². The standard InChI is InChI=1S/C24H29N3O5/c1-28-20-8-5-18(6-9-20)16-30-17-23-25-24(26-32-23)19-7-10-21(22(15-19)29-2)31-14-13-27-11-3-4-12-27/h5-10,15H,3-4,11-14,16-17H2,1-2H3. The van der Waals surface area contributed by atoms with Gasteiger partial charge in [0.15, 0.2) is 11.5 Å². The van der Waals surface area contributed by atoms with Gasteiger partial charge in [-0.15, -0.1) is 0 Å². The fourth-order valence-corrected chi connectivity index (χ4v) is 3.63. The summed E-state index contributed by atoms with van der Waals surface area (Å²) in [7, 11) is 3.27. The van der Waals surface area contributed by atoms with Gasteiger partial charge in [0.05, 0.1) is 20.8 Å². The molecule has 0 atom stereocenters. The fourth-order valence-electron chi connectivity index (χ4n) is 3.63. The van der Waals surface area contributed by atoms with E-state index in [2.05, 4.69) is 15.0 Å². The van der Waals surface area contributed by atoms with E-state index in [1.54, 1.807) is 14.2 Å². The van der Waals surface area contributed by atoms with Crippen molar-refractivity contribution in [2.75, 3.05) is 40.5 Å². The molecular weight excluding hydrogens is 410 g/mol. The molecule has 8 heteroatoms. The summed E-state index contributed by atoms with van der Waals surface area (Å²) in [5, 5.41) is 4.07. The van der Waals surface area contributed by atoms with Crippen LogP contribution >= 0.6 is 0 Å². The van der Waals surface area contributed by atoms with Crippen molar-refractivity contribution in [2.45, 2.75) is 26.1 Å². The number of aromatic nitrogens is 2. The zero-order valence-corrected chi connectivity index (χ0v) is 18.6. The highest BCUT2D eigenvalue weighted by molar-refractivity contribution is 5.60. The lowest BCUT2D eigenvalue weighted by Crippen LogP contribution is -2.25. The summed E-state index contributed by atoms with van der Waals surface area (Å²) >= 11 is 0. The molecule has 1 aliphatic rings. The van der Waals surface area contributed by atoms with Crippen molar-refractivity contribution in [3.05, 3.63) is 53.9 Å². The number of ether oxygens (including phenoxy) is 4. The molecule has 3 aromatic rings. The van der Waals surface area contributed by atoms with Gasteiger partial charge in [0.25, 0.3) is 5.89 Å². The second-order valence-electron chi connectivity index (χ2n) is 7.62. The maximum absolute atomic E-state index is 5.94. The number of hydrogen-bond acceptors (Lipinski definition) is 8. The van der Waals surface area contributed by atoms with Gasteiger partial charge in [0.1, 0.15) is 19.0 Å². The van der Waals surface area contributed by atoms with E-state index < -0.39 is 0 Å². The average Bonchev–Trinajstić information content (AvgIpc) is 3.52. The summed E-state index contributed by atoms with van der Waals surface area (Å²) in [6.45, 7) is 4.54. The minimum absolute atomic E-state index is 0.230. The average molecular weight is 440 g/mol. The summed E-state index contributed by atoms with van der Waals surface area (Å²) < 4.78 is 27.6. The lowest BCUT2D eigenvalue weighted by Gasteiger charge is -2.16. The maximum Gasteiger partial charge on any atom is 0.252 e. The molecule has 0 unspecified atom stereocenters. The van der Waals surface area contributed by atoms with E-state index in [1.165, 1.54) is 12.8 Å². The summed E-state index contributed by atoms with van der Waals surface area (Å²) in [4.78, 5) is 6.85. The molecule has 170 valence electrons. The molecule has 1 saturated heterocycles. The highest BCUT2D eigenvalue weighted by atomic mass is 16.5. The molecule has 1 aromatic heterocycles. The van der Waals surface area contributed by atoms with E-state index in [0.717, 1.165) is 36.5 Å². The van der Waals surface area contributed by atoms with Gasteiger partial charge in [0, 0.05) is 12.1 Å². The first-order chi connectivity index (χ1) is 15.7. The van der Waals surface area contributed by atoms with Crippen LogP contribution in [-0.2, 0) is 18.0 Å². The molecular formula is C24H29N3O5. The minimum Gasteiger partial charge on any atom is -0.497 e. The Morgan fingerprint density at radius 2 is 1.75 bits per heavy atom. The third-order valence-corrected chi connectivity index (χ3v) is 5.41. The predicted molar refractivity (Wildman–Crippen MR) is 119 cm³/mol. The Morgan fingerprint density at radius 3 is 2.50 bits per heavy atom. The zero-order valence-electron chi connectivity index (χ0n) is 18.6. The predicted octanol–water partition coefficient (Wildman–Crippen LogP) is 3.95. The normalized spacial score (nSPS) is 13.9. The van der Waals surface area contributed by atoms with Gasteiger partial charge >= 0.3 is 0 Å². The van der Waals surface area contributed by atoms with Gasteiger partial charge in [-0.25, -0.2) is 0 Å². The molecule has 2 heterocycles. The van der Waals surface area contributed by atoms with Crippen molar-refractivity contribution in [2.24, 2.45) is 0 Å². The number of likely N-dealkylation sites (tertiary alicyclic amines) is 1. The monoisotopic (exact) mass is 439 g/mol. The molecule has 0 bridgehead atoms. The molecule has 0 radical (unpaired) electrons. The van der Waals surface area contributed by atoms with E-state index in [4.69, 9.17) is 23.5 Å². The van der Waals surface area contributed by atoms with Crippen LogP contribution in [0.1, 0.15) is 24.3 Å². The van der Waals surface area contributed by atoms with Crippen LogP contribution in [0.15, 0.2) is 47.0 Å². The van der Waals surface area contributed by atoms with E-state index >= 15 is 0 Å². The van der Waals surface area contributed by atoms with Crippen molar-refractivity contribution in [1.29, 1.82) is 0 Å². The first kappa shape index (κ1) is 22.1. The fraction of sp³-hybridized carbons (Fsp3) is 0.417. The Balaban J connectivity index is 1.31. The van der Waals surface area contributed by atoms with E-state index in [0.29, 0.717) is 36.4 Å². The number of rotatable bonds is 11. The molecule has 8 nitrogen and oxygen atoms in total. The van der Waals surface area contributed by atoms with Gasteiger partial charge in [-0.3, -0.25) is 4.90 Å². The molecule has 0 N–H and O–H groups in total. The molecule has 0 spiro atoms.